The molecule has 1 unspecified atom stereocenters. The number of amides is 1. The third-order valence-corrected chi connectivity index (χ3v) is 4.13. The summed E-state index contributed by atoms with van der Waals surface area (Å²) in [5.41, 5.74) is 1.58. The maximum atomic E-state index is 12.2. The van der Waals surface area contributed by atoms with Gasteiger partial charge in [0.2, 0.25) is 5.91 Å². The quantitative estimate of drug-likeness (QED) is 0.821. The van der Waals surface area contributed by atoms with Crippen LogP contribution in [-0.2, 0) is 10.2 Å². The van der Waals surface area contributed by atoms with Crippen LogP contribution in [0.1, 0.15) is 37.5 Å². The fourth-order valence-electron chi connectivity index (χ4n) is 2.63. The molecular weight excluding hydrogens is 302 g/mol. The zero-order valence-electron chi connectivity index (χ0n) is 14.5. The van der Waals surface area contributed by atoms with Crippen molar-refractivity contribution in [3.63, 3.8) is 0 Å². The molecular formula is C20H25NO3. The van der Waals surface area contributed by atoms with E-state index in [-0.39, 0.29) is 17.9 Å². The van der Waals surface area contributed by atoms with Crippen LogP contribution in [0.25, 0.3) is 0 Å². The number of methoxy groups -OCH3 is 1. The molecule has 0 bridgehead atoms. The van der Waals surface area contributed by atoms with Crippen molar-refractivity contribution in [2.75, 3.05) is 13.7 Å². The first kappa shape index (κ1) is 18.0. The summed E-state index contributed by atoms with van der Waals surface area (Å²) in [6.07, 6.45) is -0.397. The minimum atomic E-state index is -0.760. The van der Waals surface area contributed by atoms with E-state index in [9.17, 15) is 9.90 Å². The molecule has 0 fully saturated rings. The Labute approximate surface area is 143 Å². The van der Waals surface area contributed by atoms with E-state index in [1.54, 1.807) is 13.2 Å². The molecule has 0 aromatic heterocycles. The molecule has 1 atom stereocenters. The molecule has 1 amide bonds. The molecule has 0 radical (unpaired) electrons. The normalized spacial score (nSPS) is 12.5. The monoisotopic (exact) mass is 327 g/mol. The van der Waals surface area contributed by atoms with Gasteiger partial charge < -0.3 is 15.2 Å². The van der Waals surface area contributed by atoms with E-state index in [4.69, 9.17) is 4.74 Å². The van der Waals surface area contributed by atoms with Crippen LogP contribution in [0.3, 0.4) is 0 Å². The van der Waals surface area contributed by atoms with Crippen LogP contribution < -0.4 is 10.1 Å². The van der Waals surface area contributed by atoms with Crippen molar-refractivity contribution in [2.24, 2.45) is 0 Å². The smallest absolute Gasteiger partial charge is 0.220 e. The van der Waals surface area contributed by atoms with Crippen LogP contribution in [0.5, 0.6) is 5.75 Å². The van der Waals surface area contributed by atoms with Gasteiger partial charge in [-0.05, 0) is 28.7 Å². The van der Waals surface area contributed by atoms with Crippen molar-refractivity contribution in [3.8, 4) is 5.75 Å². The van der Waals surface area contributed by atoms with Gasteiger partial charge >= 0.3 is 0 Å². The van der Waals surface area contributed by atoms with E-state index in [0.717, 1.165) is 11.1 Å². The second-order valence-electron chi connectivity index (χ2n) is 6.52. The summed E-state index contributed by atoms with van der Waals surface area (Å²) in [4.78, 5) is 12.2. The van der Waals surface area contributed by atoms with E-state index in [1.807, 2.05) is 62.4 Å². The van der Waals surface area contributed by atoms with Gasteiger partial charge in [-0.2, -0.15) is 0 Å². The lowest BCUT2D eigenvalue weighted by atomic mass is 9.81. The molecule has 2 rings (SSSR count). The number of aliphatic hydroxyl groups is 1. The molecule has 2 N–H and O–H groups in total. The average Bonchev–Trinajstić information content (AvgIpc) is 2.60. The number of benzene rings is 2. The van der Waals surface area contributed by atoms with Crippen molar-refractivity contribution in [1.82, 2.24) is 5.32 Å². The van der Waals surface area contributed by atoms with Crippen LogP contribution in [0.15, 0.2) is 54.6 Å². The first-order valence-electron chi connectivity index (χ1n) is 8.06. The van der Waals surface area contributed by atoms with Gasteiger partial charge in [-0.1, -0.05) is 56.3 Å². The fourth-order valence-corrected chi connectivity index (χ4v) is 2.63. The van der Waals surface area contributed by atoms with Crippen LogP contribution in [0.2, 0.25) is 0 Å². The Morgan fingerprint density at radius 2 is 1.88 bits per heavy atom. The number of nitrogens with one attached hydrogen (secondary N) is 1. The predicted octanol–water partition coefficient (Wildman–Crippen LogP) is 3.21. The summed E-state index contributed by atoms with van der Waals surface area (Å²) in [6.45, 7) is 4.26. The molecule has 0 spiro atoms. The molecule has 24 heavy (non-hydrogen) atoms. The molecule has 0 aliphatic rings. The summed E-state index contributed by atoms with van der Waals surface area (Å²) in [5.74, 6) is 0.605. The Hall–Kier alpha value is -2.33. The summed E-state index contributed by atoms with van der Waals surface area (Å²) in [7, 11) is 1.58. The molecule has 0 saturated carbocycles. The molecule has 0 aliphatic heterocycles. The zero-order valence-corrected chi connectivity index (χ0v) is 14.5. The second-order valence-corrected chi connectivity index (χ2v) is 6.52. The van der Waals surface area contributed by atoms with Gasteiger partial charge in [0.25, 0.3) is 0 Å². The standard InChI is InChI=1S/C20H25NO3/c1-20(2,16-9-5-4-6-10-16)13-19(23)21-14-18(22)15-8-7-11-17(12-15)24-3/h4-12,18,22H,13-14H2,1-3H3,(H,21,23). The molecule has 0 heterocycles. The van der Waals surface area contributed by atoms with Gasteiger partial charge in [0.1, 0.15) is 5.75 Å². The lowest BCUT2D eigenvalue weighted by molar-refractivity contribution is -0.122. The summed E-state index contributed by atoms with van der Waals surface area (Å²) in [6, 6.07) is 17.2. The number of aliphatic hydroxyl groups excluding tert-OH is 1. The van der Waals surface area contributed by atoms with Crippen LogP contribution in [0.4, 0.5) is 0 Å². The number of carbonyl (C=O) groups is 1. The lowest BCUT2D eigenvalue weighted by Crippen LogP contribution is -2.33. The number of hydrogen-bond donors (Lipinski definition) is 2. The van der Waals surface area contributed by atoms with Gasteiger partial charge in [-0.15, -0.1) is 0 Å². The lowest BCUT2D eigenvalue weighted by Gasteiger charge is -2.25. The highest BCUT2D eigenvalue weighted by Crippen LogP contribution is 2.26. The van der Waals surface area contributed by atoms with Crippen molar-refractivity contribution in [3.05, 3.63) is 65.7 Å². The maximum Gasteiger partial charge on any atom is 0.220 e. The number of hydrogen-bond acceptors (Lipinski definition) is 3. The van der Waals surface area contributed by atoms with Crippen molar-refractivity contribution in [1.29, 1.82) is 0 Å². The van der Waals surface area contributed by atoms with Crippen LogP contribution in [-0.4, -0.2) is 24.7 Å². The van der Waals surface area contributed by atoms with Gasteiger partial charge in [-0.3, -0.25) is 4.79 Å². The highest BCUT2D eigenvalue weighted by Gasteiger charge is 2.24. The van der Waals surface area contributed by atoms with Crippen LogP contribution >= 0.6 is 0 Å². The largest absolute Gasteiger partial charge is 0.497 e. The Morgan fingerprint density at radius 3 is 2.54 bits per heavy atom. The SMILES string of the molecule is COc1cccc(C(O)CNC(=O)CC(C)(C)c2ccccc2)c1. The van der Waals surface area contributed by atoms with E-state index >= 15 is 0 Å². The molecule has 4 heteroatoms. The minimum Gasteiger partial charge on any atom is -0.497 e. The number of ether oxygens (including phenoxy) is 1. The van der Waals surface area contributed by atoms with Crippen molar-refractivity contribution < 1.29 is 14.6 Å². The first-order chi connectivity index (χ1) is 11.4. The third-order valence-electron chi connectivity index (χ3n) is 4.13. The number of carbonyl (C=O) groups excluding carboxylic acids is 1. The average molecular weight is 327 g/mol. The molecule has 128 valence electrons. The number of rotatable bonds is 7. The maximum absolute atomic E-state index is 12.2. The van der Waals surface area contributed by atoms with E-state index < -0.39 is 6.10 Å². The van der Waals surface area contributed by atoms with Gasteiger partial charge in [0.05, 0.1) is 13.2 Å². The minimum absolute atomic E-state index is 0.0780. The van der Waals surface area contributed by atoms with Gasteiger partial charge in [0, 0.05) is 13.0 Å². The van der Waals surface area contributed by atoms with E-state index in [2.05, 4.69) is 5.32 Å². The fraction of sp³-hybridized carbons (Fsp3) is 0.350. The Morgan fingerprint density at radius 1 is 1.17 bits per heavy atom. The molecule has 2 aromatic carbocycles. The summed E-state index contributed by atoms with van der Waals surface area (Å²) < 4.78 is 5.15. The molecule has 0 aliphatic carbocycles. The Kier molecular flexibility index (Phi) is 5.99. The highest BCUT2D eigenvalue weighted by atomic mass is 16.5. The second kappa shape index (κ2) is 7.97. The van der Waals surface area contributed by atoms with Crippen molar-refractivity contribution >= 4 is 5.91 Å². The molecule has 4 nitrogen and oxygen atoms in total. The topological polar surface area (TPSA) is 58.6 Å². The van der Waals surface area contributed by atoms with E-state index in [1.165, 1.54) is 0 Å². The predicted molar refractivity (Wildman–Crippen MR) is 95.0 cm³/mol. The van der Waals surface area contributed by atoms with Crippen molar-refractivity contribution in [2.45, 2.75) is 31.8 Å². The third kappa shape index (κ3) is 4.83. The zero-order chi connectivity index (χ0) is 17.6. The summed E-state index contributed by atoms with van der Waals surface area (Å²) >= 11 is 0. The van der Waals surface area contributed by atoms with Gasteiger partial charge in [-0.25, -0.2) is 0 Å². The Balaban J connectivity index is 1.90. The molecule has 0 saturated heterocycles. The first-order valence-corrected chi connectivity index (χ1v) is 8.06. The van der Waals surface area contributed by atoms with Gasteiger partial charge in [0.15, 0.2) is 0 Å². The van der Waals surface area contributed by atoms with Crippen LogP contribution in [0, 0.1) is 0 Å². The van der Waals surface area contributed by atoms with E-state index in [0.29, 0.717) is 12.2 Å². The summed E-state index contributed by atoms with van der Waals surface area (Å²) in [5, 5.41) is 13.0. The highest BCUT2D eigenvalue weighted by molar-refractivity contribution is 5.77. The molecule has 2 aromatic rings. The Bertz CT molecular complexity index is 668.